The number of hydrogen-bond donors (Lipinski definition) is 3. The molecule has 1 aliphatic heterocycles. The molecule has 2 bridgehead atoms. The highest BCUT2D eigenvalue weighted by Crippen LogP contribution is 2.33. The summed E-state index contributed by atoms with van der Waals surface area (Å²) in [6.07, 6.45) is 4.68. The zero-order valence-corrected chi connectivity index (χ0v) is 26.3. The van der Waals surface area contributed by atoms with Crippen LogP contribution in [0.4, 0.5) is 21.0 Å². The van der Waals surface area contributed by atoms with Gasteiger partial charge in [0.1, 0.15) is 18.2 Å². The average molecular weight is 586 g/mol. The summed E-state index contributed by atoms with van der Waals surface area (Å²) in [5.41, 5.74) is 1.46. The fourth-order valence-corrected chi connectivity index (χ4v) is 4.79. The second-order valence-corrected chi connectivity index (χ2v) is 17.9. The first-order valence-electron chi connectivity index (χ1n) is 13.8. The van der Waals surface area contributed by atoms with Gasteiger partial charge in [-0.25, -0.2) is 14.6 Å². The van der Waals surface area contributed by atoms with Gasteiger partial charge in [-0.15, -0.1) is 0 Å². The summed E-state index contributed by atoms with van der Waals surface area (Å²) < 4.78 is 18.2. The minimum Gasteiger partial charge on any atom is -0.453 e. The van der Waals surface area contributed by atoms with Crippen LogP contribution in [0.3, 0.4) is 0 Å². The van der Waals surface area contributed by atoms with E-state index in [2.05, 4.69) is 35.6 Å². The number of alkyl carbamates (subject to hydrolysis) is 1. The number of imidazole rings is 1. The molecular formula is C29H43N5O6Si. The molecule has 12 heteroatoms. The van der Waals surface area contributed by atoms with Crippen molar-refractivity contribution in [3.05, 3.63) is 42.4 Å². The van der Waals surface area contributed by atoms with E-state index in [1.807, 2.05) is 16.8 Å². The third-order valence-corrected chi connectivity index (χ3v) is 7.94. The molecule has 0 saturated heterocycles. The molecule has 1 aliphatic rings. The van der Waals surface area contributed by atoms with Gasteiger partial charge in [0, 0.05) is 32.1 Å². The predicted octanol–water partition coefficient (Wildman–Crippen LogP) is 6.14. The number of nitrogens with zero attached hydrogens (tertiary/aromatic N) is 2. The van der Waals surface area contributed by atoms with E-state index in [0.717, 1.165) is 6.04 Å². The number of carbonyl (C=O) groups excluding carboxylic acids is 3. The molecule has 2 heterocycles. The van der Waals surface area contributed by atoms with E-state index >= 15 is 0 Å². The van der Waals surface area contributed by atoms with Gasteiger partial charge in [0.05, 0.1) is 30.5 Å². The maximum absolute atomic E-state index is 13.1. The lowest BCUT2D eigenvalue weighted by Gasteiger charge is -2.24. The van der Waals surface area contributed by atoms with E-state index in [-0.39, 0.29) is 12.6 Å². The Morgan fingerprint density at radius 2 is 1.93 bits per heavy atom. The smallest absolute Gasteiger partial charge is 0.411 e. The standard InChI is InChI=1S/C29H43N5O6Si/c1-19-10-9-11-22(33-28(37)40-29(2,3)4)25-31-24(17-34(25)18-39-14-15-41(6,7)8)21-13-12-20(30-27(36)38-5)16-23(21)32-26(19)35/h9-10,12-13,16-17,19,22H,11,14-15,18H2,1-8H3,(H,30,36)(H,32,35)(H,33,37)/b10-9+/t19-,22-/m0/s1. The molecule has 0 unspecified atom stereocenters. The first kappa shape index (κ1) is 31.9. The summed E-state index contributed by atoms with van der Waals surface area (Å²) in [5, 5.41) is 8.56. The van der Waals surface area contributed by atoms with Gasteiger partial charge in [0.25, 0.3) is 0 Å². The molecule has 0 radical (unpaired) electrons. The van der Waals surface area contributed by atoms with Crippen LogP contribution in [0.25, 0.3) is 11.3 Å². The van der Waals surface area contributed by atoms with Crippen LogP contribution in [0, 0.1) is 5.92 Å². The zero-order valence-electron chi connectivity index (χ0n) is 25.3. The second-order valence-electron chi connectivity index (χ2n) is 12.3. The summed E-state index contributed by atoms with van der Waals surface area (Å²) in [6, 6.07) is 5.60. The third-order valence-electron chi connectivity index (χ3n) is 6.23. The Labute approximate surface area is 243 Å². The molecule has 0 saturated carbocycles. The Hall–Kier alpha value is -3.64. The van der Waals surface area contributed by atoms with Gasteiger partial charge < -0.3 is 29.4 Å². The van der Waals surface area contributed by atoms with Crippen LogP contribution in [0.15, 0.2) is 36.5 Å². The molecule has 1 aromatic carbocycles. The Morgan fingerprint density at radius 1 is 1.20 bits per heavy atom. The van der Waals surface area contributed by atoms with Gasteiger partial charge in [-0.1, -0.05) is 38.7 Å². The summed E-state index contributed by atoms with van der Waals surface area (Å²) in [6.45, 7) is 14.9. The number of aromatic nitrogens is 2. The van der Waals surface area contributed by atoms with Crippen molar-refractivity contribution in [3.8, 4) is 11.3 Å². The van der Waals surface area contributed by atoms with Gasteiger partial charge in [-0.05, 0) is 51.4 Å². The minimum absolute atomic E-state index is 0.232. The number of ether oxygens (including phenoxy) is 3. The normalized spacial score (nSPS) is 18.2. The van der Waals surface area contributed by atoms with Crippen molar-refractivity contribution in [1.29, 1.82) is 0 Å². The van der Waals surface area contributed by atoms with Gasteiger partial charge in [-0.3, -0.25) is 10.1 Å². The minimum atomic E-state index is -1.29. The first-order valence-corrected chi connectivity index (χ1v) is 17.5. The predicted molar refractivity (Wildman–Crippen MR) is 161 cm³/mol. The van der Waals surface area contributed by atoms with Crippen LogP contribution in [0.2, 0.25) is 25.7 Å². The van der Waals surface area contributed by atoms with E-state index in [1.54, 1.807) is 52.0 Å². The van der Waals surface area contributed by atoms with Crippen LogP contribution < -0.4 is 16.0 Å². The molecule has 3 rings (SSSR count). The highest BCUT2D eigenvalue weighted by atomic mass is 28.3. The van der Waals surface area contributed by atoms with E-state index in [4.69, 9.17) is 19.2 Å². The quantitative estimate of drug-likeness (QED) is 0.202. The lowest BCUT2D eigenvalue weighted by Crippen LogP contribution is -2.36. The van der Waals surface area contributed by atoms with Crippen molar-refractivity contribution in [3.63, 3.8) is 0 Å². The van der Waals surface area contributed by atoms with Crippen molar-refractivity contribution in [2.75, 3.05) is 24.4 Å². The average Bonchev–Trinajstić information content (AvgIpc) is 3.27. The number of anilines is 2. The maximum Gasteiger partial charge on any atom is 0.411 e. The second kappa shape index (κ2) is 13.3. The number of fused-ring (bicyclic) bond motifs is 4. The van der Waals surface area contributed by atoms with Gasteiger partial charge in [0.2, 0.25) is 5.91 Å². The Kier molecular flexibility index (Phi) is 10.4. The van der Waals surface area contributed by atoms with Crippen molar-refractivity contribution < 1.29 is 28.6 Å². The van der Waals surface area contributed by atoms with Crippen LogP contribution in [-0.4, -0.2) is 55.0 Å². The van der Waals surface area contributed by atoms with Crippen molar-refractivity contribution >= 4 is 37.5 Å². The molecule has 3 amide bonds. The fraction of sp³-hybridized carbons (Fsp3) is 0.517. The summed E-state index contributed by atoms with van der Waals surface area (Å²) in [4.78, 5) is 42.6. The Bertz CT molecular complexity index is 1280. The lowest BCUT2D eigenvalue weighted by molar-refractivity contribution is -0.118. The highest BCUT2D eigenvalue weighted by Gasteiger charge is 2.26. The van der Waals surface area contributed by atoms with Gasteiger partial charge in [-0.2, -0.15) is 0 Å². The summed E-state index contributed by atoms with van der Waals surface area (Å²) in [5.74, 6) is -0.105. The molecule has 3 N–H and O–H groups in total. The zero-order chi connectivity index (χ0) is 30.4. The van der Waals surface area contributed by atoms with E-state index in [9.17, 15) is 14.4 Å². The Balaban J connectivity index is 2.08. The molecule has 41 heavy (non-hydrogen) atoms. The number of rotatable bonds is 7. The summed E-state index contributed by atoms with van der Waals surface area (Å²) in [7, 11) is -0.0125. The highest BCUT2D eigenvalue weighted by molar-refractivity contribution is 6.76. The van der Waals surface area contributed by atoms with Crippen LogP contribution in [-0.2, 0) is 25.7 Å². The molecule has 2 aromatic rings. The van der Waals surface area contributed by atoms with Crippen molar-refractivity contribution in [2.45, 2.75) is 78.2 Å². The Morgan fingerprint density at radius 3 is 2.59 bits per heavy atom. The molecule has 0 spiro atoms. The van der Waals surface area contributed by atoms with Gasteiger partial charge >= 0.3 is 12.2 Å². The van der Waals surface area contributed by atoms with Crippen LogP contribution >= 0.6 is 0 Å². The fourth-order valence-electron chi connectivity index (χ4n) is 4.03. The van der Waals surface area contributed by atoms with Crippen LogP contribution in [0.5, 0.6) is 0 Å². The van der Waals surface area contributed by atoms with Crippen molar-refractivity contribution in [1.82, 2.24) is 14.9 Å². The SMILES string of the molecule is COC(=O)Nc1ccc2c(c1)NC(=O)[C@@H](C)/C=C/C[C@H](NC(=O)OC(C)(C)C)c1nc-2cn1COCC[Si](C)(C)C. The first-order chi connectivity index (χ1) is 19.1. The van der Waals surface area contributed by atoms with E-state index < -0.39 is 37.8 Å². The number of hydrogen-bond acceptors (Lipinski definition) is 7. The van der Waals surface area contributed by atoms with E-state index in [1.165, 1.54) is 7.11 Å². The number of amides is 3. The monoisotopic (exact) mass is 585 g/mol. The lowest BCUT2D eigenvalue weighted by atomic mass is 10.1. The third kappa shape index (κ3) is 9.75. The summed E-state index contributed by atoms with van der Waals surface area (Å²) >= 11 is 0. The number of methoxy groups -OCH3 is 1. The van der Waals surface area contributed by atoms with Crippen LogP contribution in [0.1, 0.15) is 46.0 Å². The molecule has 0 aliphatic carbocycles. The number of carbonyl (C=O) groups is 3. The topological polar surface area (TPSA) is 133 Å². The van der Waals surface area contributed by atoms with Crippen molar-refractivity contribution in [2.24, 2.45) is 5.92 Å². The van der Waals surface area contributed by atoms with E-state index in [0.29, 0.717) is 41.5 Å². The molecular weight excluding hydrogens is 542 g/mol. The molecule has 1 aromatic heterocycles. The maximum atomic E-state index is 13.1. The molecule has 224 valence electrons. The molecule has 11 nitrogen and oxygen atoms in total. The molecule has 0 fully saturated rings. The largest absolute Gasteiger partial charge is 0.453 e. The number of nitrogens with one attached hydrogen (secondary N) is 3. The van der Waals surface area contributed by atoms with Gasteiger partial charge in [0.15, 0.2) is 0 Å². The molecule has 2 atom stereocenters. The number of benzene rings is 1.